The molecular weight excluding hydrogens is 264 g/mol. The predicted molar refractivity (Wildman–Crippen MR) is 77.6 cm³/mol. The molecule has 0 bridgehead atoms. The second-order valence-electron chi connectivity index (χ2n) is 5.35. The number of ether oxygens (including phenoxy) is 1. The quantitative estimate of drug-likeness (QED) is 0.871. The first-order valence-corrected chi connectivity index (χ1v) is 6.62. The number of hydrogen-bond acceptors (Lipinski definition) is 3. The highest BCUT2D eigenvalue weighted by atomic mass is 35.5. The Hall–Kier alpha value is -1.26. The van der Waals surface area contributed by atoms with E-state index >= 15 is 0 Å². The van der Waals surface area contributed by atoms with Gasteiger partial charge in [0.15, 0.2) is 6.61 Å². The summed E-state index contributed by atoms with van der Waals surface area (Å²) in [5, 5.41) is 3.32. The number of nitrogens with two attached hydrogens (primary N) is 1. The van der Waals surface area contributed by atoms with E-state index in [4.69, 9.17) is 22.1 Å². The Morgan fingerprint density at radius 2 is 2.11 bits per heavy atom. The Bertz CT molecular complexity index is 442. The van der Waals surface area contributed by atoms with Crippen LogP contribution in [0, 0.1) is 0 Å². The number of carbonyl (C=O) groups excluding carboxylic acids is 1. The van der Waals surface area contributed by atoms with E-state index in [0.717, 1.165) is 5.56 Å². The van der Waals surface area contributed by atoms with Crippen LogP contribution in [0.1, 0.15) is 26.3 Å². The molecule has 4 nitrogen and oxygen atoms in total. The van der Waals surface area contributed by atoms with Gasteiger partial charge in [-0.1, -0.05) is 23.7 Å². The van der Waals surface area contributed by atoms with Crippen molar-refractivity contribution in [1.82, 2.24) is 5.32 Å². The summed E-state index contributed by atoms with van der Waals surface area (Å²) < 4.78 is 5.53. The molecule has 0 fully saturated rings. The van der Waals surface area contributed by atoms with Crippen molar-refractivity contribution in [3.05, 3.63) is 28.8 Å². The lowest BCUT2D eigenvalue weighted by molar-refractivity contribution is -0.124. The van der Waals surface area contributed by atoms with Crippen LogP contribution < -0.4 is 15.8 Å². The number of nitrogens with one attached hydrogen (secondary N) is 1. The topological polar surface area (TPSA) is 64.3 Å². The summed E-state index contributed by atoms with van der Waals surface area (Å²) in [6.45, 7) is 6.20. The highest BCUT2D eigenvalue weighted by Crippen LogP contribution is 2.28. The van der Waals surface area contributed by atoms with Crippen molar-refractivity contribution in [2.45, 2.75) is 32.7 Å². The van der Waals surface area contributed by atoms with Gasteiger partial charge in [0.1, 0.15) is 5.75 Å². The summed E-state index contributed by atoms with van der Waals surface area (Å²) in [6, 6.07) is 5.48. The molecule has 0 aliphatic rings. The second-order valence-corrected chi connectivity index (χ2v) is 5.76. The van der Waals surface area contributed by atoms with Gasteiger partial charge in [0, 0.05) is 5.54 Å². The average Bonchev–Trinajstić information content (AvgIpc) is 2.26. The van der Waals surface area contributed by atoms with E-state index in [0.29, 0.717) is 23.7 Å². The van der Waals surface area contributed by atoms with Gasteiger partial charge in [-0.25, -0.2) is 0 Å². The second kappa shape index (κ2) is 6.78. The van der Waals surface area contributed by atoms with E-state index in [-0.39, 0.29) is 18.1 Å². The molecule has 19 heavy (non-hydrogen) atoms. The van der Waals surface area contributed by atoms with Crippen molar-refractivity contribution in [1.29, 1.82) is 0 Å². The van der Waals surface area contributed by atoms with Gasteiger partial charge in [-0.3, -0.25) is 4.79 Å². The molecule has 0 atom stereocenters. The molecule has 0 aliphatic heterocycles. The Morgan fingerprint density at radius 1 is 1.42 bits per heavy atom. The molecule has 0 unspecified atom stereocenters. The van der Waals surface area contributed by atoms with Gasteiger partial charge in [0.2, 0.25) is 0 Å². The third-order valence-corrected chi connectivity index (χ3v) is 2.62. The minimum Gasteiger partial charge on any atom is -0.482 e. The van der Waals surface area contributed by atoms with E-state index in [1.165, 1.54) is 0 Å². The maximum absolute atomic E-state index is 11.7. The van der Waals surface area contributed by atoms with Crippen molar-refractivity contribution >= 4 is 17.5 Å². The zero-order chi connectivity index (χ0) is 14.5. The molecule has 0 aliphatic carbocycles. The lowest BCUT2D eigenvalue weighted by Gasteiger charge is -2.21. The first-order valence-electron chi connectivity index (χ1n) is 6.25. The Balaban J connectivity index is 2.69. The lowest BCUT2D eigenvalue weighted by atomic mass is 10.1. The highest BCUT2D eigenvalue weighted by Gasteiger charge is 2.15. The first-order chi connectivity index (χ1) is 8.83. The third-order valence-electron chi connectivity index (χ3n) is 2.32. The number of halogens is 1. The zero-order valence-electron chi connectivity index (χ0n) is 11.6. The van der Waals surface area contributed by atoms with Gasteiger partial charge in [-0.2, -0.15) is 0 Å². The average molecular weight is 285 g/mol. The summed E-state index contributed by atoms with van der Waals surface area (Å²) in [6.07, 6.45) is 0.663. The van der Waals surface area contributed by atoms with Crippen LogP contribution in [0.3, 0.4) is 0 Å². The number of amides is 1. The predicted octanol–water partition coefficient (Wildman–Crippen LogP) is 2.13. The molecule has 0 saturated carbocycles. The largest absolute Gasteiger partial charge is 0.482 e. The van der Waals surface area contributed by atoms with Gasteiger partial charge in [0.25, 0.3) is 5.91 Å². The van der Waals surface area contributed by atoms with Gasteiger partial charge in [0.05, 0.1) is 5.02 Å². The number of carbonyl (C=O) groups is 1. The number of para-hydroxylation sites is 1. The molecule has 1 aromatic rings. The van der Waals surface area contributed by atoms with Crippen LogP contribution >= 0.6 is 11.6 Å². The molecule has 0 aromatic heterocycles. The number of hydrogen-bond donors (Lipinski definition) is 2. The smallest absolute Gasteiger partial charge is 0.258 e. The fraction of sp³-hybridized carbons (Fsp3) is 0.500. The maximum Gasteiger partial charge on any atom is 0.258 e. The van der Waals surface area contributed by atoms with Crippen molar-refractivity contribution in [2.24, 2.45) is 5.73 Å². The fourth-order valence-corrected chi connectivity index (χ4v) is 1.91. The fourth-order valence-electron chi connectivity index (χ4n) is 1.66. The Kier molecular flexibility index (Phi) is 5.63. The third kappa shape index (κ3) is 5.49. The molecule has 0 spiro atoms. The van der Waals surface area contributed by atoms with E-state index < -0.39 is 0 Å². The van der Waals surface area contributed by atoms with E-state index in [2.05, 4.69) is 5.32 Å². The van der Waals surface area contributed by atoms with Gasteiger partial charge < -0.3 is 15.8 Å². The normalized spacial score (nSPS) is 11.2. The summed E-state index contributed by atoms with van der Waals surface area (Å²) in [4.78, 5) is 11.7. The van der Waals surface area contributed by atoms with Gasteiger partial charge >= 0.3 is 0 Å². The van der Waals surface area contributed by atoms with Crippen molar-refractivity contribution in [3.63, 3.8) is 0 Å². The molecule has 0 radical (unpaired) electrons. The SMILES string of the molecule is CC(C)(C)NC(=O)COc1c(Cl)cccc1CCN. The molecular formula is C14H21ClN2O2. The van der Waals surface area contributed by atoms with Gasteiger partial charge in [-0.15, -0.1) is 0 Å². The standard InChI is InChI=1S/C14H21ClN2O2/c1-14(2,3)17-12(18)9-19-13-10(7-8-16)5-4-6-11(13)15/h4-6H,7-9,16H2,1-3H3,(H,17,18). The van der Waals surface area contributed by atoms with Gasteiger partial charge in [-0.05, 0) is 45.4 Å². The maximum atomic E-state index is 11.7. The highest BCUT2D eigenvalue weighted by molar-refractivity contribution is 6.32. The first kappa shape index (κ1) is 15.8. The molecule has 0 heterocycles. The molecule has 1 rings (SSSR count). The van der Waals surface area contributed by atoms with Crippen molar-refractivity contribution in [2.75, 3.05) is 13.2 Å². The van der Waals surface area contributed by atoms with E-state index in [1.807, 2.05) is 32.9 Å². The van der Waals surface area contributed by atoms with E-state index in [1.54, 1.807) is 6.07 Å². The van der Waals surface area contributed by atoms with Crippen LogP contribution in [0.4, 0.5) is 0 Å². The minimum absolute atomic E-state index is 0.0570. The molecule has 1 aromatic carbocycles. The summed E-state index contributed by atoms with van der Waals surface area (Å²) in [5.74, 6) is 0.366. The van der Waals surface area contributed by atoms with Crippen molar-refractivity contribution < 1.29 is 9.53 Å². The molecule has 106 valence electrons. The number of rotatable bonds is 5. The van der Waals surface area contributed by atoms with Crippen molar-refractivity contribution in [3.8, 4) is 5.75 Å². The van der Waals surface area contributed by atoms with Crippen LogP contribution in [0.25, 0.3) is 0 Å². The molecule has 5 heteroatoms. The van der Waals surface area contributed by atoms with Crippen LogP contribution in [0.15, 0.2) is 18.2 Å². The molecule has 0 saturated heterocycles. The Labute approximate surface area is 119 Å². The van der Waals surface area contributed by atoms with Crippen LogP contribution in [0.5, 0.6) is 5.75 Å². The minimum atomic E-state index is -0.277. The monoisotopic (exact) mass is 284 g/mol. The lowest BCUT2D eigenvalue weighted by Crippen LogP contribution is -2.43. The molecule has 3 N–H and O–H groups in total. The van der Waals surface area contributed by atoms with Crippen LogP contribution in [-0.4, -0.2) is 24.6 Å². The Morgan fingerprint density at radius 3 is 2.68 bits per heavy atom. The summed E-state index contributed by atoms with van der Waals surface area (Å²) >= 11 is 6.08. The van der Waals surface area contributed by atoms with Crippen LogP contribution in [0.2, 0.25) is 5.02 Å². The molecule has 1 amide bonds. The van der Waals surface area contributed by atoms with E-state index in [9.17, 15) is 4.79 Å². The summed E-state index contributed by atoms with van der Waals surface area (Å²) in [7, 11) is 0. The number of benzene rings is 1. The summed E-state index contributed by atoms with van der Waals surface area (Å²) in [5.41, 5.74) is 6.18. The zero-order valence-corrected chi connectivity index (χ0v) is 12.4. The van der Waals surface area contributed by atoms with Crippen LogP contribution in [-0.2, 0) is 11.2 Å².